The second-order valence-electron chi connectivity index (χ2n) is 2.20. The summed E-state index contributed by atoms with van der Waals surface area (Å²) in [4.78, 5) is 0. The Balaban J connectivity index is 2.54. The van der Waals surface area contributed by atoms with Crippen LogP contribution in [0.5, 0.6) is 0 Å². The Morgan fingerprint density at radius 2 is 2.57 bits per heavy atom. The van der Waals surface area contributed by atoms with Crippen LogP contribution in [0.15, 0.2) is 11.8 Å². The van der Waals surface area contributed by atoms with Crippen molar-refractivity contribution in [3.8, 4) is 0 Å². The molecule has 0 spiro atoms. The molecule has 1 unspecified atom stereocenters. The molecule has 0 aromatic heterocycles. The van der Waals surface area contributed by atoms with Gasteiger partial charge in [0, 0.05) is 6.54 Å². The fourth-order valence-electron chi connectivity index (χ4n) is 0.700. The van der Waals surface area contributed by atoms with Crippen LogP contribution in [0.4, 0.5) is 0 Å². The van der Waals surface area contributed by atoms with E-state index in [9.17, 15) is 0 Å². The van der Waals surface area contributed by atoms with E-state index >= 15 is 0 Å². The van der Waals surface area contributed by atoms with Gasteiger partial charge in [-0.2, -0.15) is 0 Å². The van der Waals surface area contributed by atoms with Crippen molar-refractivity contribution in [2.75, 3.05) is 6.54 Å². The molecule has 0 aromatic rings. The summed E-state index contributed by atoms with van der Waals surface area (Å²) in [6, 6.07) is 0. The quantitative estimate of drug-likeness (QED) is 0.477. The number of nitrogens with one attached hydrogen (secondary N) is 1. The topological polar surface area (TPSA) is 12.0 Å². The lowest BCUT2D eigenvalue weighted by molar-refractivity contribution is 0.696. The van der Waals surface area contributed by atoms with Crippen LogP contribution in [0, 0.1) is 5.92 Å². The van der Waals surface area contributed by atoms with Crippen molar-refractivity contribution in [3.05, 3.63) is 11.8 Å². The summed E-state index contributed by atoms with van der Waals surface area (Å²) in [6.45, 7) is 5.52. The zero-order valence-electron chi connectivity index (χ0n) is 4.86. The summed E-state index contributed by atoms with van der Waals surface area (Å²) >= 11 is 0. The van der Waals surface area contributed by atoms with Gasteiger partial charge in [-0.25, -0.2) is 0 Å². The summed E-state index contributed by atoms with van der Waals surface area (Å²) < 4.78 is 0. The normalized spacial score (nSPS) is 29.4. The van der Waals surface area contributed by atoms with Gasteiger partial charge in [-0.1, -0.05) is 12.5 Å². The predicted molar refractivity (Wildman–Crippen MR) is 30.9 cm³/mol. The summed E-state index contributed by atoms with van der Waals surface area (Å²) in [6.07, 6.45) is 2.09. The first-order chi connectivity index (χ1) is 3.30. The molecule has 0 fully saturated rings. The molecule has 0 aliphatic carbocycles. The molecule has 1 heterocycles. The van der Waals surface area contributed by atoms with Gasteiger partial charge in [0.25, 0.3) is 0 Å². The van der Waals surface area contributed by atoms with Gasteiger partial charge in [0.1, 0.15) is 0 Å². The largest absolute Gasteiger partial charge is 0.390 e. The van der Waals surface area contributed by atoms with E-state index < -0.39 is 0 Å². The van der Waals surface area contributed by atoms with Crippen molar-refractivity contribution >= 4 is 0 Å². The average Bonchev–Trinajstić information content (AvgIpc) is 1.91. The van der Waals surface area contributed by atoms with E-state index in [1.54, 1.807) is 0 Å². The second kappa shape index (κ2) is 1.57. The van der Waals surface area contributed by atoms with Crippen LogP contribution in [0.25, 0.3) is 0 Å². The van der Waals surface area contributed by atoms with Crippen LogP contribution in [-0.2, 0) is 0 Å². The predicted octanol–water partition coefficient (Wildman–Crippen LogP) is 1.13. The van der Waals surface area contributed by atoms with E-state index in [2.05, 4.69) is 25.4 Å². The molecule has 0 aromatic carbocycles. The van der Waals surface area contributed by atoms with Crippen molar-refractivity contribution in [2.45, 2.75) is 13.8 Å². The molecule has 0 radical (unpaired) electrons. The van der Waals surface area contributed by atoms with E-state index in [1.165, 1.54) is 5.57 Å². The standard InChI is InChI=1S/C6H11N/c1-5-3-7-4-6(5)2/h3,6-7H,4H2,1-2H3. The highest BCUT2D eigenvalue weighted by Gasteiger charge is 2.06. The fourth-order valence-corrected chi connectivity index (χ4v) is 0.700. The number of rotatable bonds is 0. The highest BCUT2D eigenvalue weighted by atomic mass is 14.9. The highest BCUT2D eigenvalue weighted by Crippen LogP contribution is 2.11. The maximum atomic E-state index is 3.16. The Kier molecular flexibility index (Phi) is 1.05. The van der Waals surface area contributed by atoms with E-state index in [0.29, 0.717) is 0 Å². The molecule has 7 heavy (non-hydrogen) atoms. The van der Waals surface area contributed by atoms with Crippen molar-refractivity contribution in [2.24, 2.45) is 5.92 Å². The summed E-state index contributed by atoms with van der Waals surface area (Å²) in [5, 5.41) is 3.16. The molecule has 0 saturated carbocycles. The molecule has 1 N–H and O–H groups in total. The lowest BCUT2D eigenvalue weighted by atomic mass is 10.1. The van der Waals surface area contributed by atoms with Gasteiger partial charge < -0.3 is 5.32 Å². The molecule has 0 bridgehead atoms. The molecule has 1 nitrogen and oxygen atoms in total. The first-order valence-electron chi connectivity index (χ1n) is 2.71. The minimum Gasteiger partial charge on any atom is -0.390 e. The van der Waals surface area contributed by atoms with Crippen molar-refractivity contribution in [3.63, 3.8) is 0 Å². The van der Waals surface area contributed by atoms with Crippen LogP contribution in [0.1, 0.15) is 13.8 Å². The fraction of sp³-hybridized carbons (Fsp3) is 0.667. The van der Waals surface area contributed by atoms with Crippen LogP contribution in [0.3, 0.4) is 0 Å². The lowest BCUT2D eigenvalue weighted by Crippen LogP contribution is -2.05. The van der Waals surface area contributed by atoms with Gasteiger partial charge in [0.05, 0.1) is 0 Å². The van der Waals surface area contributed by atoms with Gasteiger partial charge in [-0.05, 0) is 19.0 Å². The molecule has 1 aliphatic rings. The van der Waals surface area contributed by atoms with Gasteiger partial charge >= 0.3 is 0 Å². The minimum atomic E-state index is 0.764. The Morgan fingerprint density at radius 3 is 2.71 bits per heavy atom. The van der Waals surface area contributed by atoms with Crippen LogP contribution >= 0.6 is 0 Å². The van der Waals surface area contributed by atoms with Gasteiger partial charge in [-0.3, -0.25) is 0 Å². The first kappa shape index (κ1) is 4.69. The van der Waals surface area contributed by atoms with E-state index in [4.69, 9.17) is 0 Å². The third-order valence-electron chi connectivity index (χ3n) is 1.53. The maximum absolute atomic E-state index is 3.16. The van der Waals surface area contributed by atoms with Crippen LogP contribution in [0.2, 0.25) is 0 Å². The Bertz CT molecular complexity index is 94.4. The second-order valence-corrected chi connectivity index (χ2v) is 2.20. The third kappa shape index (κ3) is 0.763. The van der Waals surface area contributed by atoms with Crippen molar-refractivity contribution in [1.29, 1.82) is 0 Å². The Morgan fingerprint density at radius 1 is 1.86 bits per heavy atom. The molecule has 0 saturated heterocycles. The zero-order valence-corrected chi connectivity index (χ0v) is 4.86. The third-order valence-corrected chi connectivity index (χ3v) is 1.53. The molecular formula is C6H11N. The summed E-state index contributed by atoms with van der Waals surface area (Å²) in [5.41, 5.74) is 1.47. The Hall–Kier alpha value is -0.460. The lowest BCUT2D eigenvalue weighted by Gasteiger charge is -1.97. The highest BCUT2D eigenvalue weighted by molar-refractivity contribution is 5.07. The molecule has 1 rings (SSSR count). The molecule has 1 heteroatoms. The maximum Gasteiger partial charge on any atom is 0.0204 e. The number of hydrogen-bond acceptors (Lipinski definition) is 1. The van der Waals surface area contributed by atoms with Crippen molar-refractivity contribution in [1.82, 2.24) is 5.32 Å². The molecule has 40 valence electrons. The van der Waals surface area contributed by atoms with Crippen molar-refractivity contribution < 1.29 is 0 Å². The van der Waals surface area contributed by atoms with E-state index in [0.717, 1.165) is 12.5 Å². The van der Waals surface area contributed by atoms with Crippen LogP contribution in [-0.4, -0.2) is 6.54 Å². The van der Waals surface area contributed by atoms with E-state index in [1.807, 2.05) is 0 Å². The van der Waals surface area contributed by atoms with Crippen LogP contribution < -0.4 is 5.32 Å². The average molecular weight is 97.2 g/mol. The van der Waals surface area contributed by atoms with Gasteiger partial charge in [0.2, 0.25) is 0 Å². The summed E-state index contributed by atoms with van der Waals surface area (Å²) in [5.74, 6) is 0.764. The first-order valence-corrected chi connectivity index (χ1v) is 2.71. The van der Waals surface area contributed by atoms with Gasteiger partial charge in [0.15, 0.2) is 0 Å². The monoisotopic (exact) mass is 97.1 g/mol. The molecule has 0 amide bonds. The molecular weight excluding hydrogens is 86.1 g/mol. The van der Waals surface area contributed by atoms with Gasteiger partial charge in [-0.15, -0.1) is 0 Å². The summed E-state index contributed by atoms with van der Waals surface area (Å²) in [7, 11) is 0. The molecule has 1 aliphatic heterocycles. The van der Waals surface area contributed by atoms with E-state index in [-0.39, 0.29) is 0 Å². The Labute approximate surface area is 44.4 Å². The molecule has 1 atom stereocenters. The smallest absolute Gasteiger partial charge is 0.0204 e. The SMILES string of the molecule is CC1=CNCC1C. The number of hydrogen-bond donors (Lipinski definition) is 1. The minimum absolute atomic E-state index is 0.764. The zero-order chi connectivity index (χ0) is 5.28.